The van der Waals surface area contributed by atoms with Gasteiger partial charge in [-0.3, -0.25) is 9.52 Å². The summed E-state index contributed by atoms with van der Waals surface area (Å²) in [5, 5.41) is 8.83. The first-order chi connectivity index (χ1) is 16.9. The van der Waals surface area contributed by atoms with Gasteiger partial charge in [0.25, 0.3) is 10.0 Å². The van der Waals surface area contributed by atoms with Crippen LogP contribution in [0.2, 0.25) is 0 Å². The van der Waals surface area contributed by atoms with Crippen molar-refractivity contribution in [1.82, 2.24) is 10.2 Å². The van der Waals surface area contributed by atoms with Gasteiger partial charge in [0.15, 0.2) is 5.82 Å². The molecule has 35 heavy (non-hydrogen) atoms. The lowest BCUT2D eigenvalue weighted by molar-refractivity contribution is -0.116. The predicted octanol–water partition coefficient (Wildman–Crippen LogP) is 4.23. The van der Waals surface area contributed by atoms with Crippen molar-refractivity contribution in [2.45, 2.75) is 43.9 Å². The third-order valence-corrected chi connectivity index (χ3v) is 8.03. The lowest BCUT2D eigenvalue weighted by Gasteiger charge is -2.20. The molecule has 1 aromatic heterocycles. The minimum Gasteiger partial charge on any atom is -0.355 e. The standard InChI is InChI=1S/C26H29N5O3S/c1-19(32)31-17-14-21-18-23(10-12-25(21)31)35(33,34)29-22-8-6-20(7-9-22)24-11-13-26(28-27-24)30-15-4-2-3-5-16-30/h6-13,18,29H,2-5,14-17H2,1H3. The first-order valence-corrected chi connectivity index (χ1v) is 13.5. The Kier molecular flexibility index (Phi) is 6.42. The van der Waals surface area contributed by atoms with E-state index in [0.29, 0.717) is 18.7 Å². The van der Waals surface area contributed by atoms with E-state index in [9.17, 15) is 13.2 Å². The van der Waals surface area contributed by atoms with E-state index in [1.165, 1.54) is 38.7 Å². The number of hydrogen-bond donors (Lipinski definition) is 1. The fourth-order valence-electron chi connectivity index (χ4n) is 4.74. The largest absolute Gasteiger partial charge is 0.355 e. The van der Waals surface area contributed by atoms with Crippen LogP contribution < -0.4 is 14.5 Å². The van der Waals surface area contributed by atoms with Crippen molar-refractivity contribution in [2.75, 3.05) is 34.2 Å². The second kappa shape index (κ2) is 9.65. The first-order valence-electron chi connectivity index (χ1n) is 12.0. The normalized spacial score (nSPS) is 16.0. The van der Waals surface area contributed by atoms with Crippen LogP contribution in [0.3, 0.4) is 0 Å². The molecule has 3 aromatic rings. The van der Waals surface area contributed by atoms with Gasteiger partial charge in [-0.25, -0.2) is 8.42 Å². The van der Waals surface area contributed by atoms with Gasteiger partial charge in [-0.05, 0) is 67.3 Å². The Morgan fingerprint density at radius 3 is 2.29 bits per heavy atom. The molecule has 1 saturated heterocycles. The summed E-state index contributed by atoms with van der Waals surface area (Å²) in [5.74, 6) is 0.861. The minimum atomic E-state index is -3.76. The number of amides is 1. The number of nitrogens with one attached hydrogen (secondary N) is 1. The first kappa shape index (κ1) is 23.3. The quantitative estimate of drug-likeness (QED) is 0.574. The lowest BCUT2D eigenvalue weighted by atomic mass is 10.1. The van der Waals surface area contributed by atoms with Crippen molar-refractivity contribution in [2.24, 2.45) is 0 Å². The van der Waals surface area contributed by atoms with Gasteiger partial charge < -0.3 is 9.80 Å². The van der Waals surface area contributed by atoms with Gasteiger partial charge in [-0.2, -0.15) is 0 Å². The van der Waals surface area contributed by atoms with Gasteiger partial charge in [0.2, 0.25) is 5.91 Å². The van der Waals surface area contributed by atoms with Crippen LogP contribution in [0.4, 0.5) is 17.2 Å². The Morgan fingerprint density at radius 1 is 0.886 bits per heavy atom. The average Bonchev–Trinajstić information content (AvgIpc) is 3.10. The molecule has 8 nitrogen and oxygen atoms in total. The highest BCUT2D eigenvalue weighted by Gasteiger charge is 2.25. The summed E-state index contributed by atoms with van der Waals surface area (Å²) in [7, 11) is -3.76. The molecule has 2 aromatic carbocycles. The molecule has 0 spiro atoms. The highest BCUT2D eigenvalue weighted by Crippen LogP contribution is 2.31. The molecule has 182 valence electrons. The lowest BCUT2D eigenvalue weighted by Crippen LogP contribution is -2.25. The molecule has 1 amide bonds. The maximum Gasteiger partial charge on any atom is 0.261 e. The van der Waals surface area contributed by atoms with Crippen molar-refractivity contribution in [1.29, 1.82) is 0 Å². The van der Waals surface area contributed by atoms with Gasteiger partial charge in [-0.15, -0.1) is 10.2 Å². The summed E-state index contributed by atoms with van der Waals surface area (Å²) >= 11 is 0. The van der Waals surface area contributed by atoms with Crippen LogP contribution in [0.15, 0.2) is 59.5 Å². The minimum absolute atomic E-state index is 0.0427. The molecule has 0 unspecified atom stereocenters. The molecule has 1 fully saturated rings. The summed E-state index contributed by atoms with van der Waals surface area (Å²) < 4.78 is 28.6. The third kappa shape index (κ3) is 5.00. The van der Waals surface area contributed by atoms with Crippen molar-refractivity contribution < 1.29 is 13.2 Å². The predicted molar refractivity (Wildman–Crippen MR) is 137 cm³/mol. The highest BCUT2D eigenvalue weighted by molar-refractivity contribution is 7.92. The third-order valence-electron chi connectivity index (χ3n) is 6.65. The number of fused-ring (bicyclic) bond motifs is 1. The second-order valence-corrected chi connectivity index (χ2v) is 10.8. The zero-order valence-electron chi connectivity index (χ0n) is 19.8. The molecule has 9 heteroatoms. The number of sulfonamides is 1. The Hall–Kier alpha value is -3.46. The van der Waals surface area contributed by atoms with Crippen molar-refractivity contribution in [3.05, 3.63) is 60.2 Å². The summed E-state index contributed by atoms with van der Waals surface area (Å²) in [6, 6.07) is 16.0. The number of aromatic nitrogens is 2. The molecule has 2 aliphatic rings. The molecule has 0 bridgehead atoms. The van der Waals surface area contributed by atoms with E-state index in [1.807, 2.05) is 24.3 Å². The molecular weight excluding hydrogens is 462 g/mol. The van der Waals surface area contributed by atoms with Gasteiger partial charge in [0.05, 0.1) is 10.6 Å². The van der Waals surface area contributed by atoms with E-state index in [4.69, 9.17) is 0 Å². The van der Waals surface area contributed by atoms with Crippen LogP contribution in [0, 0.1) is 0 Å². The number of nitrogens with zero attached hydrogens (tertiary/aromatic N) is 4. The summed E-state index contributed by atoms with van der Waals surface area (Å²) in [6.45, 7) is 4.12. The smallest absolute Gasteiger partial charge is 0.261 e. The number of carbonyl (C=O) groups is 1. The van der Waals surface area contributed by atoms with Gasteiger partial charge in [0, 0.05) is 43.5 Å². The van der Waals surface area contributed by atoms with Gasteiger partial charge >= 0.3 is 0 Å². The fraction of sp³-hybridized carbons (Fsp3) is 0.346. The van der Waals surface area contributed by atoms with Crippen LogP contribution in [0.5, 0.6) is 0 Å². The summed E-state index contributed by atoms with van der Waals surface area (Å²) in [6.07, 6.45) is 5.54. The molecule has 0 atom stereocenters. The van der Waals surface area contributed by atoms with E-state index < -0.39 is 10.0 Å². The monoisotopic (exact) mass is 491 g/mol. The SMILES string of the molecule is CC(=O)N1CCc2cc(S(=O)(=O)Nc3ccc(-c4ccc(N5CCCCCC5)nn4)cc3)ccc21. The van der Waals surface area contributed by atoms with Crippen LogP contribution >= 0.6 is 0 Å². The number of hydrogen-bond acceptors (Lipinski definition) is 6. The zero-order chi connectivity index (χ0) is 24.4. The Labute approximate surface area is 206 Å². The van der Waals surface area contributed by atoms with E-state index in [1.54, 1.807) is 29.2 Å². The molecule has 2 aliphatic heterocycles. The zero-order valence-corrected chi connectivity index (χ0v) is 20.6. The Bertz CT molecular complexity index is 1320. The fourth-order valence-corrected chi connectivity index (χ4v) is 5.85. The molecule has 5 rings (SSSR count). The van der Waals surface area contributed by atoms with E-state index in [2.05, 4.69) is 19.8 Å². The second-order valence-electron chi connectivity index (χ2n) is 9.07. The Balaban J connectivity index is 1.28. The molecule has 0 aliphatic carbocycles. The molecular formula is C26H29N5O3S. The van der Waals surface area contributed by atoms with E-state index >= 15 is 0 Å². The van der Waals surface area contributed by atoms with Gasteiger partial charge in [-0.1, -0.05) is 25.0 Å². The maximum atomic E-state index is 13.0. The number of rotatable bonds is 5. The van der Waals surface area contributed by atoms with E-state index in [-0.39, 0.29) is 10.8 Å². The molecule has 0 radical (unpaired) electrons. The number of anilines is 3. The topological polar surface area (TPSA) is 95.5 Å². The molecule has 3 heterocycles. The van der Waals surface area contributed by atoms with Crippen LogP contribution in [0.25, 0.3) is 11.3 Å². The highest BCUT2D eigenvalue weighted by atomic mass is 32.2. The van der Waals surface area contributed by atoms with Crippen molar-refractivity contribution in [3.63, 3.8) is 0 Å². The molecule has 1 N–H and O–H groups in total. The van der Waals surface area contributed by atoms with Crippen LogP contribution in [-0.2, 0) is 21.2 Å². The molecule has 0 saturated carbocycles. The van der Waals surface area contributed by atoms with E-state index in [0.717, 1.165) is 41.4 Å². The average molecular weight is 492 g/mol. The van der Waals surface area contributed by atoms with Crippen LogP contribution in [-0.4, -0.2) is 44.2 Å². The van der Waals surface area contributed by atoms with Gasteiger partial charge in [0.1, 0.15) is 0 Å². The van der Waals surface area contributed by atoms with Crippen molar-refractivity contribution >= 4 is 33.1 Å². The summed E-state index contributed by atoms with van der Waals surface area (Å²) in [4.78, 5) is 15.9. The van der Waals surface area contributed by atoms with Crippen molar-refractivity contribution in [3.8, 4) is 11.3 Å². The number of benzene rings is 2. The maximum absolute atomic E-state index is 13.0. The summed E-state index contributed by atoms with van der Waals surface area (Å²) in [5.41, 5.74) is 3.72. The van der Waals surface area contributed by atoms with Crippen LogP contribution in [0.1, 0.15) is 38.2 Å². The number of carbonyl (C=O) groups excluding carboxylic acids is 1. The Morgan fingerprint density at radius 2 is 1.63 bits per heavy atom.